The Morgan fingerprint density at radius 2 is 1.67 bits per heavy atom. The van der Waals surface area contributed by atoms with E-state index in [2.05, 4.69) is 39.0 Å². The molecule has 0 spiro atoms. The number of methoxy groups -OCH3 is 1. The molecule has 27 heavy (non-hydrogen) atoms. The fourth-order valence-corrected chi connectivity index (χ4v) is 4.13. The topological polar surface area (TPSA) is 55.8 Å². The lowest BCUT2D eigenvalue weighted by atomic mass is 9.84. The molecule has 0 radical (unpaired) electrons. The second-order valence-electron chi connectivity index (χ2n) is 8.10. The lowest BCUT2D eigenvalue weighted by molar-refractivity contribution is -0.114. The van der Waals surface area contributed by atoms with Crippen LogP contribution in [0.2, 0.25) is 0 Å². The van der Waals surface area contributed by atoms with Gasteiger partial charge in [0.1, 0.15) is 5.75 Å². The van der Waals surface area contributed by atoms with E-state index in [1.165, 1.54) is 5.06 Å². The van der Waals surface area contributed by atoms with Crippen LogP contribution < -0.4 is 4.74 Å². The maximum absolute atomic E-state index is 12.4. The molecule has 0 N–H and O–H groups in total. The second-order valence-corrected chi connectivity index (χ2v) is 9.62. The Kier molecular flexibility index (Phi) is 5.34. The Bertz CT molecular complexity index is 908. The van der Waals surface area contributed by atoms with E-state index in [9.17, 15) is 8.42 Å². The average molecular weight is 390 g/mol. The molecule has 1 heterocycles. The maximum Gasteiger partial charge on any atom is 0.313 e. The smallest absolute Gasteiger partial charge is 0.313 e. The van der Waals surface area contributed by atoms with E-state index in [-0.39, 0.29) is 16.2 Å². The normalized spacial score (nSPS) is 16.2. The molecule has 0 unspecified atom stereocenters. The largest absolute Gasteiger partial charge is 0.496 e. The van der Waals surface area contributed by atoms with Crippen LogP contribution in [0.25, 0.3) is 0 Å². The van der Waals surface area contributed by atoms with E-state index in [1.54, 1.807) is 31.4 Å². The number of ether oxygens (including phenoxy) is 1. The van der Waals surface area contributed by atoms with E-state index in [1.807, 2.05) is 6.92 Å². The lowest BCUT2D eigenvalue weighted by Gasteiger charge is -2.37. The molecular weight excluding hydrogens is 362 g/mol. The minimum Gasteiger partial charge on any atom is -0.496 e. The fraction of sp³-hybridized carbons (Fsp3) is 0.429. The van der Waals surface area contributed by atoms with Gasteiger partial charge < -0.3 is 4.74 Å². The van der Waals surface area contributed by atoms with Gasteiger partial charge >= 0.3 is 10.1 Å². The van der Waals surface area contributed by atoms with Gasteiger partial charge in [-0.1, -0.05) is 50.6 Å². The van der Waals surface area contributed by atoms with Crippen molar-refractivity contribution in [2.75, 3.05) is 20.2 Å². The molecule has 6 heteroatoms. The van der Waals surface area contributed by atoms with Crippen molar-refractivity contribution in [2.24, 2.45) is 0 Å². The molecule has 0 aliphatic carbocycles. The van der Waals surface area contributed by atoms with Gasteiger partial charge in [0.05, 0.1) is 12.0 Å². The van der Waals surface area contributed by atoms with Crippen LogP contribution in [0, 0.1) is 6.92 Å². The number of rotatable bonds is 5. The van der Waals surface area contributed by atoms with Crippen LogP contribution in [-0.2, 0) is 19.8 Å². The SMILES string of the molecule is COc1cc(C2CN(OS(=O)(=O)c3ccc(C)cc3)C2)ccc1C(C)(C)C. The third kappa shape index (κ3) is 4.34. The zero-order valence-electron chi connectivity index (χ0n) is 16.5. The monoisotopic (exact) mass is 389 g/mol. The Balaban J connectivity index is 1.66. The molecule has 2 aromatic carbocycles. The van der Waals surface area contributed by atoms with Crippen LogP contribution in [0.4, 0.5) is 0 Å². The minimum absolute atomic E-state index is 0.000744. The Labute approximate surface area is 162 Å². The van der Waals surface area contributed by atoms with Crippen LogP contribution in [0.3, 0.4) is 0 Å². The standard InChI is InChI=1S/C21H27NO4S/c1-15-6-9-18(10-7-15)27(23,24)26-22-13-17(14-22)16-8-11-19(21(2,3)4)20(12-16)25-5/h6-12,17H,13-14H2,1-5H3. The Hall–Kier alpha value is -1.89. The minimum atomic E-state index is -3.78. The van der Waals surface area contributed by atoms with Gasteiger partial charge in [-0.2, -0.15) is 17.8 Å². The first kappa shape index (κ1) is 19.9. The summed E-state index contributed by atoms with van der Waals surface area (Å²) in [6, 6.07) is 12.9. The third-order valence-corrected chi connectivity index (χ3v) is 6.12. The summed E-state index contributed by atoms with van der Waals surface area (Å²) in [5.74, 6) is 1.09. The number of hydrogen-bond donors (Lipinski definition) is 0. The van der Waals surface area contributed by atoms with Gasteiger partial charge in [0.15, 0.2) is 0 Å². The second kappa shape index (κ2) is 7.26. The molecule has 3 rings (SSSR count). The summed E-state index contributed by atoms with van der Waals surface area (Å²) >= 11 is 0. The van der Waals surface area contributed by atoms with Crippen molar-refractivity contribution >= 4 is 10.1 Å². The van der Waals surface area contributed by atoms with Gasteiger partial charge in [-0.05, 0) is 41.7 Å². The summed E-state index contributed by atoms with van der Waals surface area (Å²) in [5.41, 5.74) is 3.29. The number of hydroxylamine groups is 2. The zero-order valence-corrected chi connectivity index (χ0v) is 17.3. The molecule has 1 aliphatic heterocycles. The molecule has 1 saturated heterocycles. The number of benzene rings is 2. The molecule has 5 nitrogen and oxygen atoms in total. The maximum atomic E-state index is 12.4. The van der Waals surface area contributed by atoms with Crippen molar-refractivity contribution in [1.82, 2.24) is 5.06 Å². The predicted molar refractivity (Wildman–Crippen MR) is 105 cm³/mol. The van der Waals surface area contributed by atoms with Crippen LogP contribution in [-0.4, -0.2) is 33.7 Å². The summed E-state index contributed by atoms with van der Waals surface area (Å²) < 4.78 is 35.5. The van der Waals surface area contributed by atoms with Crippen molar-refractivity contribution in [2.45, 2.75) is 43.9 Å². The van der Waals surface area contributed by atoms with Crippen LogP contribution >= 0.6 is 0 Å². The molecule has 146 valence electrons. The molecule has 0 aromatic heterocycles. The molecule has 0 saturated carbocycles. The Morgan fingerprint density at radius 1 is 1.04 bits per heavy atom. The lowest BCUT2D eigenvalue weighted by Crippen LogP contribution is -2.45. The quantitative estimate of drug-likeness (QED) is 0.773. The van der Waals surface area contributed by atoms with E-state index in [0.29, 0.717) is 13.1 Å². The molecule has 0 atom stereocenters. The molecule has 0 amide bonds. The van der Waals surface area contributed by atoms with Crippen molar-refractivity contribution < 1.29 is 17.4 Å². The van der Waals surface area contributed by atoms with E-state index in [0.717, 1.165) is 22.4 Å². The first-order valence-electron chi connectivity index (χ1n) is 9.05. The molecule has 1 aliphatic rings. The van der Waals surface area contributed by atoms with Gasteiger partial charge in [-0.15, -0.1) is 0 Å². The molecule has 0 bridgehead atoms. The highest BCUT2D eigenvalue weighted by Gasteiger charge is 2.34. The first-order valence-corrected chi connectivity index (χ1v) is 10.5. The van der Waals surface area contributed by atoms with E-state index in [4.69, 9.17) is 9.02 Å². The molecule has 1 fully saturated rings. The van der Waals surface area contributed by atoms with Crippen molar-refractivity contribution in [3.8, 4) is 5.75 Å². The number of aryl methyl sites for hydroxylation is 1. The van der Waals surface area contributed by atoms with E-state index < -0.39 is 10.1 Å². The van der Waals surface area contributed by atoms with Gasteiger partial charge in [0.2, 0.25) is 0 Å². The van der Waals surface area contributed by atoms with Gasteiger partial charge in [-0.3, -0.25) is 0 Å². The first-order chi connectivity index (χ1) is 12.6. The highest BCUT2D eigenvalue weighted by molar-refractivity contribution is 7.86. The fourth-order valence-electron chi connectivity index (χ4n) is 3.18. The number of nitrogens with zero attached hydrogens (tertiary/aromatic N) is 1. The highest BCUT2D eigenvalue weighted by atomic mass is 32.2. The van der Waals surface area contributed by atoms with Gasteiger partial charge in [0.25, 0.3) is 0 Å². The van der Waals surface area contributed by atoms with Crippen molar-refractivity contribution in [3.63, 3.8) is 0 Å². The summed E-state index contributed by atoms with van der Waals surface area (Å²) in [6.45, 7) is 9.43. The molecule has 2 aromatic rings. The predicted octanol–water partition coefficient (Wildman–Crippen LogP) is 4.02. The van der Waals surface area contributed by atoms with E-state index >= 15 is 0 Å². The summed E-state index contributed by atoms with van der Waals surface area (Å²) in [7, 11) is -2.10. The number of hydrogen-bond acceptors (Lipinski definition) is 5. The van der Waals surface area contributed by atoms with Gasteiger partial charge in [0, 0.05) is 19.0 Å². The average Bonchev–Trinajstić information content (AvgIpc) is 2.56. The highest BCUT2D eigenvalue weighted by Crippen LogP contribution is 2.36. The molecular formula is C21H27NO4S. The van der Waals surface area contributed by atoms with Crippen molar-refractivity contribution in [3.05, 3.63) is 59.2 Å². The van der Waals surface area contributed by atoms with Gasteiger partial charge in [-0.25, -0.2) is 0 Å². The summed E-state index contributed by atoms with van der Waals surface area (Å²) in [4.78, 5) is 0.174. The summed E-state index contributed by atoms with van der Waals surface area (Å²) in [5, 5.41) is 1.49. The Morgan fingerprint density at radius 3 is 2.22 bits per heavy atom. The zero-order chi connectivity index (χ0) is 19.8. The van der Waals surface area contributed by atoms with Crippen LogP contribution in [0.5, 0.6) is 5.75 Å². The summed E-state index contributed by atoms with van der Waals surface area (Å²) in [6.07, 6.45) is 0. The van der Waals surface area contributed by atoms with Crippen LogP contribution in [0.1, 0.15) is 43.4 Å². The van der Waals surface area contributed by atoms with Crippen molar-refractivity contribution in [1.29, 1.82) is 0 Å². The third-order valence-electron chi connectivity index (χ3n) is 4.87. The van der Waals surface area contributed by atoms with Crippen LogP contribution in [0.15, 0.2) is 47.4 Å².